The summed E-state index contributed by atoms with van der Waals surface area (Å²) in [7, 11) is 2.24. The van der Waals surface area contributed by atoms with E-state index in [0.29, 0.717) is 17.1 Å². The molecule has 130 valence electrons. The van der Waals surface area contributed by atoms with Crippen LogP contribution in [0.15, 0.2) is 0 Å². The topological polar surface area (TPSA) is 26.8 Å². The number of likely N-dealkylation sites (N-methyl/N-ethyl adjacent to an activating group) is 1. The van der Waals surface area contributed by atoms with Gasteiger partial charge in [-0.15, -0.1) is 0 Å². The highest BCUT2D eigenvalue weighted by molar-refractivity contribution is 5.79. The van der Waals surface area contributed by atoms with E-state index < -0.39 is 0 Å². The predicted octanol–water partition coefficient (Wildman–Crippen LogP) is 1.85. The monoisotopic (exact) mass is 319 g/mol. The Bertz CT molecular complexity index is 436. The van der Waals surface area contributed by atoms with Gasteiger partial charge in [0.25, 0.3) is 0 Å². The first kappa shape index (κ1) is 16.0. The molecular weight excluding hydrogens is 286 g/mol. The summed E-state index contributed by atoms with van der Waals surface area (Å²) in [5.74, 6) is 0.825. The average molecular weight is 319 g/mol. The lowest BCUT2D eigenvalue weighted by atomic mass is 9.49. The number of hydrogen-bond acceptors (Lipinski definition) is 4. The Labute approximate surface area is 141 Å². The van der Waals surface area contributed by atoms with Gasteiger partial charge in [0.15, 0.2) is 0 Å². The molecule has 2 aliphatic carbocycles. The second kappa shape index (κ2) is 6.12. The number of carbonyl (C=O) groups excluding carboxylic acids is 1. The first-order chi connectivity index (χ1) is 11.0. The average Bonchev–Trinajstić information content (AvgIpc) is 2.45. The van der Waals surface area contributed by atoms with Crippen LogP contribution in [0.3, 0.4) is 0 Å². The Kier molecular flexibility index (Phi) is 4.27. The molecule has 4 fully saturated rings. The number of piperazine rings is 1. The zero-order valence-corrected chi connectivity index (χ0v) is 15.0. The summed E-state index contributed by atoms with van der Waals surface area (Å²) in [5.41, 5.74) is 0.579. The van der Waals surface area contributed by atoms with Gasteiger partial charge in [-0.2, -0.15) is 0 Å². The second-order valence-electron chi connectivity index (χ2n) is 8.88. The molecule has 2 saturated heterocycles. The smallest absolute Gasteiger partial charge is 0.132 e. The van der Waals surface area contributed by atoms with E-state index in [2.05, 4.69) is 21.7 Å². The molecule has 4 nitrogen and oxygen atoms in total. The van der Waals surface area contributed by atoms with Crippen molar-refractivity contribution in [2.75, 3.05) is 46.3 Å². The lowest BCUT2D eigenvalue weighted by Gasteiger charge is -2.60. The van der Waals surface area contributed by atoms with Gasteiger partial charge < -0.3 is 9.80 Å². The molecule has 23 heavy (non-hydrogen) atoms. The molecular formula is C19H33N3O. The predicted molar refractivity (Wildman–Crippen MR) is 92.5 cm³/mol. The van der Waals surface area contributed by atoms with E-state index in [-0.39, 0.29) is 0 Å². The third-order valence-corrected chi connectivity index (χ3v) is 7.34. The Morgan fingerprint density at radius 3 is 1.96 bits per heavy atom. The van der Waals surface area contributed by atoms with E-state index in [4.69, 9.17) is 0 Å². The summed E-state index contributed by atoms with van der Waals surface area (Å²) in [4.78, 5) is 19.4. The van der Waals surface area contributed by atoms with Gasteiger partial charge in [-0.1, -0.05) is 0 Å². The molecule has 4 rings (SSSR count). The van der Waals surface area contributed by atoms with Crippen molar-refractivity contribution in [3.63, 3.8) is 0 Å². The number of likely N-dealkylation sites (tertiary alicyclic amines) is 1. The van der Waals surface area contributed by atoms with Crippen LogP contribution < -0.4 is 0 Å². The molecule has 1 spiro atoms. The first-order valence-corrected chi connectivity index (χ1v) is 9.72. The Morgan fingerprint density at radius 2 is 1.39 bits per heavy atom. The van der Waals surface area contributed by atoms with E-state index >= 15 is 0 Å². The zero-order valence-electron chi connectivity index (χ0n) is 15.0. The molecule has 0 aromatic heterocycles. The maximum absolute atomic E-state index is 11.4. The van der Waals surface area contributed by atoms with Crippen LogP contribution in [0.5, 0.6) is 0 Å². The highest BCUT2D eigenvalue weighted by Gasteiger charge is 2.55. The van der Waals surface area contributed by atoms with Crippen LogP contribution in [0.2, 0.25) is 0 Å². The van der Waals surface area contributed by atoms with Gasteiger partial charge >= 0.3 is 0 Å². The van der Waals surface area contributed by atoms with Crippen molar-refractivity contribution >= 4 is 5.78 Å². The molecule has 0 aromatic carbocycles. The van der Waals surface area contributed by atoms with Crippen molar-refractivity contribution < 1.29 is 4.79 Å². The van der Waals surface area contributed by atoms with Crippen LogP contribution >= 0.6 is 0 Å². The number of Topliss-reactive ketones (excluding diaryl/α,β-unsaturated/α-hetero) is 1. The van der Waals surface area contributed by atoms with Crippen LogP contribution in [0, 0.1) is 11.3 Å². The third kappa shape index (κ3) is 3.10. The van der Waals surface area contributed by atoms with E-state index in [1.54, 1.807) is 6.92 Å². The van der Waals surface area contributed by atoms with E-state index in [1.165, 1.54) is 77.8 Å². The van der Waals surface area contributed by atoms with Gasteiger partial charge in [0, 0.05) is 44.2 Å². The quantitative estimate of drug-likeness (QED) is 0.793. The maximum atomic E-state index is 11.4. The largest absolute Gasteiger partial charge is 0.304 e. The Hall–Kier alpha value is -0.450. The SMILES string of the molecule is CC(=O)C1CC2(C1)CC(N1CCC(N3CCN(C)CC3)CC1)C2. The molecule has 2 heterocycles. The minimum atomic E-state index is 0.402. The van der Waals surface area contributed by atoms with E-state index in [0.717, 1.165) is 12.1 Å². The minimum absolute atomic E-state index is 0.402. The molecule has 0 bridgehead atoms. The Morgan fingerprint density at radius 1 is 0.826 bits per heavy atom. The summed E-state index contributed by atoms with van der Waals surface area (Å²) in [5, 5.41) is 0. The van der Waals surface area contributed by atoms with Gasteiger partial charge in [0.05, 0.1) is 0 Å². The van der Waals surface area contributed by atoms with Crippen LogP contribution in [0.25, 0.3) is 0 Å². The molecule has 2 aliphatic heterocycles. The molecule has 2 saturated carbocycles. The molecule has 0 aromatic rings. The lowest BCUT2D eigenvalue weighted by Crippen LogP contribution is -2.60. The highest BCUT2D eigenvalue weighted by Crippen LogP contribution is 2.60. The summed E-state index contributed by atoms with van der Waals surface area (Å²) >= 11 is 0. The van der Waals surface area contributed by atoms with Crippen LogP contribution in [0.1, 0.15) is 45.4 Å². The number of carbonyl (C=O) groups is 1. The third-order valence-electron chi connectivity index (χ3n) is 7.34. The van der Waals surface area contributed by atoms with Crippen molar-refractivity contribution in [1.82, 2.24) is 14.7 Å². The summed E-state index contributed by atoms with van der Waals surface area (Å²) in [6.07, 6.45) is 7.85. The fourth-order valence-corrected chi connectivity index (χ4v) is 5.61. The molecule has 0 N–H and O–H groups in total. The first-order valence-electron chi connectivity index (χ1n) is 9.72. The van der Waals surface area contributed by atoms with Crippen molar-refractivity contribution in [3.8, 4) is 0 Å². The van der Waals surface area contributed by atoms with Crippen molar-refractivity contribution in [2.24, 2.45) is 11.3 Å². The number of rotatable bonds is 3. The maximum Gasteiger partial charge on any atom is 0.132 e. The van der Waals surface area contributed by atoms with Crippen LogP contribution in [-0.4, -0.2) is 78.9 Å². The number of nitrogens with zero attached hydrogens (tertiary/aromatic N) is 3. The highest BCUT2D eigenvalue weighted by atomic mass is 16.1. The summed E-state index contributed by atoms with van der Waals surface area (Å²) in [6.45, 7) is 9.38. The van der Waals surface area contributed by atoms with Crippen molar-refractivity contribution in [2.45, 2.75) is 57.5 Å². The molecule has 0 radical (unpaired) electrons. The summed E-state index contributed by atoms with van der Waals surface area (Å²) in [6, 6.07) is 1.66. The van der Waals surface area contributed by atoms with Gasteiger partial charge in [0.2, 0.25) is 0 Å². The van der Waals surface area contributed by atoms with E-state index in [1.807, 2.05) is 0 Å². The van der Waals surface area contributed by atoms with Crippen molar-refractivity contribution in [3.05, 3.63) is 0 Å². The molecule has 0 unspecified atom stereocenters. The van der Waals surface area contributed by atoms with E-state index in [9.17, 15) is 4.79 Å². The fraction of sp³-hybridized carbons (Fsp3) is 0.947. The van der Waals surface area contributed by atoms with Gasteiger partial charge in [-0.05, 0) is 71.0 Å². The van der Waals surface area contributed by atoms with Gasteiger partial charge in [-0.3, -0.25) is 9.69 Å². The second-order valence-corrected chi connectivity index (χ2v) is 8.88. The zero-order chi connectivity index (χ0) is 16.0. The van der Waals surface area contributed by atoms with Crippen LogP contribution in [-0.2, 0) is 4.79 Å². The van der Waals surface area contributed by atoms with Crippen molar-refractivity contribution in [1.29, 1.82) is 0 Å². The number of piperidine rings is 1. The van der Waals surface area contributed by atoms with Gasteiger partial charge in [-0.25, -0.2) is 0 Å². The number of ketones is 1. The van der Waals surface area contributed by atoms with Gasteiger partial charge in [0.1, 0.15) is 5.78 Å². The molecule has 0 amide bonds. The minimum Gasteiger partial charge on any atom is -0.304 e. The fourth-order valence-electron chi connectivity index (χ4n) is 5.61. The Balaban J connectivity index is 1.19. The molecule has 4 heteroatoms. The normalized spacial score (nSPS) is 40.8. The number of hydrogen-bond donors (Lipinski definition) is 0. The summed E-state index contributed by atoms with van der Waals surface area (Å²) < 4.78 is 0. The lowest BCUT2D eigenvalue weighted by molar-refractivity contribution is -0.140. The molecule has 0 atom stereocenters. The standard InChI is InChI=1S/C19H33N3O/c1-15(23)16-11-19(12-16)13-18(14-19)21-5-3-17(4-6-21)22-9-7-20(2)8-10-22/h16-18H,3-14H2,1-2H3. The van der Waals surface area contributed by atoms with Crippen LogP contribution in [0.4, 0.5) is 0 Å². The molecule has 4 aliphatic rings.